The normalized spacial score (nSPS) is 15.6. The number of methoxy groups -OCH3 is 1. The van der Waals surface area contributed by atoms with Crippen molar-refractivity contribution in [3.8, 4) is 11.6 Å². The third-order valence-corrected chi connectivity index (χ3v) is 6.44. The molecular formula is C22H25ClN6O4. The molecule has 0 spiro atoms. The molecule has 0 radical (unpaired) electrons. The van der Waals surface area contributed by atoms with Crippen LogP contribution in [0.2, 0.25) is 5.02 Å². The van der Waals surface area contributed by atoms with Gasteiger partial charge in [0.2, 0.25) is 5.82 Å². The summed E-state index contributed by atoms with van der Waals surface area (Å²) >= 11 is 6.57. The van der Waals surface area contributed by atoms with Crippen LogP contribution in [0, 0.1) is 0 Å². The van der Waals surface area contributed by atoms with Crippen molar-refractivity contribution in [1.82, 2.24) is 29.0 Å². The van der Waals surface area contributed by atoms with Gasteiger partial charge in [0.25, 0.3) is 11.4 Å². The van der Waals surface area contributed by atoms with E-state index in [-0.39, 0.29) is 11.4 Å². The molecule has 0 aliphatic carbocycles. The van der Waals surface area contributed by atoms with Gasteiger partial charge in [0, 0.05) is 33.3 Å². The number of ether oxygens (including phenoxy) is 2. The number of hydrogen-bond acceptors (Lipinski definition) is 8. The van der Waals surface area contributed by atoms with Gasteiger partial charge in [-0.3, -0.25) is 14.1 Å². The van der Waals surface area contributed by atoms with Crippen molar-refractivity contribution in [1.29, 1.82) is 0 Å². The fourth-order valence-electron chi connectivity index (χ4n) is 4.02. The molecule has 4 aromatic rings. The maximum Gasteiger partial charge on any atom is 0.279 e. The van der Waals surface area contributed by atoms with E-state index in [1.807, 2.05) is 26.0 Å². The quantitative estimate of drug-likeness (QED) is 0.422. The van der Waals surface area contributed by atoms with Crippen LogP contribution in [0.5, 0.6) is 0 Å². The lowest BCUT2D eigenvalue weighted by Gasteiger charge is -2.27. The minimum Gasteiger partial charge on any atom is -0.379 e. The molecule has 0 amide bonds. The Balaban J connectivity index is 1.66. The van der Waals surface area contributed by atoms with Gasteiger partial charge in [0.05, 0.1) is 29.3 Å². The smallest absolute Gasteiger partial charge is 0.279 e. The Morgan fingerprint density at radius 1 is 1.18 bits per heavy atom. The Morgan fingerprint density at radius 2 is 1.97 bits per heavy atom. The fourth-order valence-corrected chi connectivity index (χ4v) is 4.29. The molecule has 1 saturated heterocycles. The van der Waals surface area contributed by atoms with E-state index >= 15 is 0 Å². The van der Waals surface area contributed by atoms with E-state index in [2.05, 4.69) is 20.0 Å². The maximum absolute atomic E-state index is 13.8. The molecule has 174 valence electrons. The summed E-state index contributed by atoms with van der Waals surface area (Å²) in [4.78, 5) is 25.0. The van der Waals surface area contributed by atoms with E-state index in [4.69, 9.17) is 25.6 Å². The van der Waals surface area contributed by atoms with Gasteiger partial charge in [0.15, 0.2) is 5.69 Å². The highest BCUT2D eigenvalue weighted by Crippen LogP contribution is 2.28. The Morgan fingerprint density at radius 3 is 2.73 bits per heavy atom. The lowest BCUT2D eigenvalue weighted by molar-refractivity contribution is 0.00973. The summed E-state index contributed by atoms with van der Waals surface area (Å²) in [6, 6.07) is 5.56. The van der Waals surface area contributed by atoms with Gasteiger partial charge in [-0.25, -0.2) is 4.98 Å². The van der Waals surface area contributed by atoms with Gasteiger partial charge in [-0.2, -0.15) is 4.98 Å². The van der Waals surface area contributed by atoms with E-state index in [0.717, 1.165) is 18.6 Å². The first kappa shape index (κ1) is 22.0. The third kappa shape index (κ3) is 3.82. The van der Waals surface area contributed by atoms with Crippen LogP contribution in [0.3, 0.4) is 0 Å². The van der Waals surface area contributed by atoms with Crippen molar-refractivity contribution in [2.24, 2.45) is 0 Å². The summed E-state index contributed by atoms with van der Waals surface area (Å²) < 4.78 is 19.8. The lowest BCUT2D eigenvalue weighted by Crippen LogP contribution is -2.39. The molecule has 0 saturated carbocycles. The van der Waals surface area contributed by atoms with Crippen molar-refractivity contribution in [3.63, 3.8) is 0 Å². The van der Waals surface area contributed by atoms with E-state index in [1.54, 1.807) is 28.5 Å². The molecule has 0 unspecified atom stereocenters. The number of halogens is 1. The summed E-state index contributed by atoms with van der Waals surface area (Å²) in [6.45, 7) is 7.91. The number of benzene rings is 1. The number of para-hydroxylation sites is 1. The van der Waals surface area contributed by atoms with E-state index < -0.39 is 5.60 Å². The van der Waals surface area contributed by atoms with Crippen molar-refractivity contribution >= 4 is 28.2 Å². The summed E-state index contributed by atoms with van der Waals surface area (Å²) in [6.07, 6.45) is 1.59. The van der Waals surface area contributed by atoms with E-state index in [9.17, 15) is 4.79 Å². The number of imidazole rings is 1. The predicted molar refractivity (Wildman–Crippen MR) is 123 cm³/mol. The predicted octanol–water partition coefficient (Wildman–Crippen LogP) is 2.57. The molecule has 11 heteroatoms. The average Bonchev–Trinajstić information content (AvgIpc) is 3.48. The number of aromatic nitrogens is 5. The second-order valence-corrected chi connectivity index (χ2v) is 8.87. The minimum absolute atomic E-state index is 0.163. The number of fused-ring (bicyclic) bond motifs is 3. The summed E-state index contributed by atoms with van der Waals surface area (Å²) in [5.41, 5.74) is 1.16. The Kier molecular flexibility index (Phi) is 5.69. The lowest BCUT2D eigenvalue weighted by atomic mass is 10.1. The summed E-state index contributed by atoms with van der Waals surface area (Å²) in [5, 5.41) is 4.54. The SMILES string of the molecule is COC(C)(C)c1noc(-c2ncn3c2c(=O)n(CCN2CCOCC2)c2c(Cl)cccc23)n1. The van der Waals surface area contributed by atoms with Crippen LogP contribution in [0.4, 0.5) is 0 Å². The zero-order valence-corrected chi connectivity index (χ0v) is 19.5. The highest BCUT2D eigenvalue weighted by Gasteiger charge is 2.29. The fraction of sp³-hybridized carbons (Fsp3) is 0.455. The standard InChI is InChI=1S/C22H25ClN6O4/c1-22(2,31-3)21-25-19(33-26-21)16-18-20(30)28(8-7-27-9-11-32-12-10-27)17-14(23)5-4-6-15(17)29(18)13-24-16/h4-6,13H,7-12H2,1-3H3. The van der Waals surface area contributed by atoms with Gasteiger partial charge in [-0.05, 0) is 26.0 Å². The molecule has 5 rings (SSSR count). The molecule has 10 nitrogen and oxygen atoms in total. The van der Waals surface area contributed by atoms with Crippen molar-refractivity contribution in [2.45, 2.75) is 26.0 Å². The van der Waals surface area contributed by atoms with Crippen LogP contribution in [0.15, 0.2) is 33.8 Å². The van der Waals surface area contributed by atoms with Gasteiger partial charge in [0.1, 0.15) is 17.4 Å². The van der Waals surface area contributed by atoms with Crippen LogP contribution in [0.25, 0.3) is 28.1 Å². The van der Waals surface area contributed by atoms with Crippen molar-refractivity contribution < 1.29 is 14.0 Å². The monoisotopic (exact) mass is 472 g/mol. The molecule has 4 heterocycles. The zero-order valence-electron chi connectivity index (χ0n) is 18.7. The average molecular weight is 473 g/mol. The molecule has 0 N–H and O–H groups in total. The molecule has 1 fully saturated rings. The van der Waals surface area contributed by atoms with Crippen molar-refractivity contribution in [3.05, 3.63) is 45.7 Å². The zero-order chi connectivity index (χ0) is 23.2. The number of rotatable bonds is 6. The molecule has 0 atom stereocenters. The first-order chi connectivity index (χ1) is 15.9. The van der Waals surface area contributed by atoms with Gasteiger partial charge >= 0.3 is 0 Å². The Labute approximate surface area is 194 Å². The van der Waals surface area contributed by atoms with Crippen LogP contribution in [0.1, 0.15) is 19.7 Å². The van der Waals surface area contributed by atoms with E-state index in [0.29, 0.717) is 53.9 Å². The van der Waals surface area contributed by atoms with E-state index in [1.165, 1.54) is 0 Å². The summed E-state index contributed by atoms with van der Waals surface area (Å²) in [5.74, 6) is 0.536. The van der Waals surface area contributed by atoms with Crippen LogP contribution >= 0.6 is 11.6 Å². The molecule has 3 aromatic heterocycles. The first-order valence-corrected chi connectivity index (χ1v) is 11.2. The van der Waals surface area contributed by atoms with Gasteiger partial charge in [-0.15, -0.1) is 0 Å². The highest BCUT2D eigenvalue weighted by molar-refractivity contribution is 6.35. The Hall–Kier alpha value is -2.79. The minimum atomic E-state index is -0.740. The second-order valence-electron chi connectivity index (χ2n) is 8.47. The highest BCUT2D eigenvalue weighted by atomic mass is 35.5. The second kappa shape index (κ2) is 8.53. The third-order valence-electron chi connectivity index (χ3n) is 6.13. The van der Waals surface area contributed by atoms with Gasteiger partial charge < -0.3 is 18.6 Å². The Bertz CT molecular complexity index is 1370. The van der Waals surface area contributed by atoms with Crippen molar-refractivity contribution in [2.75, 3.05) is 40.0 Å². The molecule has 33 heavy (non-hydrogen) atoms. The van der Waals surface area contributed by atoms with Crippen LogP contribution in [-0.2, 0) is 21.6 Å². The largest absolute Gasteiger partial charge is 0.379 e. The molecule has 1 aliphatic heterocycles. The molecule has 1 aromatic carbocycles. The first-order valence-electron chi connectivity index (χ1n) is 10.8. The van der Waals surface area contributed by atoms with Crippen LogP contribution in [-0.4, -0.2) is 69.0 Å². The molecular weight excluding hydrogens is 448 g/mol. The molecule has 0 bridgehead atoms. The number of morpholine rings is 1. The van der Waals surface area contributed by atoms with Gasteiger partial charge in [-0.1, -0.05) is 22.8 Å². The summed E-state index contributed by atoms with van der Waals surface area (Å²) in [7, 11) is 1.57. The van der Waals surface area contributed by atoms with Crippen LogP contribution < -0.4 is 5.56 Å². The molecule has 1 aliphatic rings. The number of nitrogens with zero attached hydrogens (tertiary/aromatic N) is 6. The number of hydrogen-bond donors (Lipinski definition) is 0. The maximum atomic E-state index is 13.8. The topological polar surface area (TPSA) is 99.9 Å².